The first-order valence-corrected chi connectivity index (χ1v) is 10.2. The lowest BCUT2D eigenvalue weighted by Crippen LogP contribution is -2.40. The van der Waals surface area contributed by atoms with Crippen LogP contribution in [-0.2, 0) is 7.05 Å². The number of hydrogen-bond donors (Lipinski definition) is 1. The number of nitrogens with one attached hydrogen (secondary N) is 1. The van der Waals surface area contributed by atoms with Gasteiger partial charge in [0.1, 0.15) is 11.5 Å². The summed E-state index contributed by atoms with van der Waals surface area (Å²) in [6.45, 7) is 1.96. The van der Waals surface area contributed by atoms with Crippen LogP contribution in [0.5, 0.6) is 0 Å². The third kappa shape index (κ3) is 3.92. The maximum Gasteiger partial charge on any atom is 0.253 e. The molecule has 1 fully saturated rings. The highest BCUT2D eigenvalue weighted by Gasteiger charge is 2.30. The van der Waals surface area contributed by atoms with Gasteiger partial charge >= 0.3 is 0 Å². The molecule has 1 aliphatic carbocycles. The number of amides is 1. The highest BCUT2D eigenvalue weighted by atomic mass is 35.5. The second-order valence-electron chi connectivity index (χ2n) is 7.78. The summed E-state index contributed by atoms with van der Waals surface area (Å²) < 4.78 is 1.93. The molecule has 2 heterocycles. The van der Waals surface area contributed by atoms with Crippen LogP contribution in [-0.4, -0.2) is 48.6 Å². The maximum absolute atomic E-state index is 12.9. The van der Waals surface area contributed by atoms with Crippen LogP contribution >= 0.6 is 11.6 Å². The number of aryl methyl sites for hydroxylation is 2. The number of carbonyl (C=O) groups is 1. The third-order valence-corrected chi connectivity index (χ3v) is 6.04. The van der Waals surface area contributed by atoms with Crippen LogP contribution in [0.2, 0.25) is 5.02 Å². The summed E-state index contributed by atoms with van der Waals surface area (Å²) in [5.74, 6) is 1.80. The van der Waals surface area contributed by atoms with Crippen LogP contribution in [0.3, 0.4) is 0 Å². The molecule has 0 unspecified atom stereocenters. The number of benzene rings is 1. The molecule has 0 bridgehead atoms. The minimum Gasteiger partial charge on any atom is -0.339 e. The molecule has 8 heteroatoms. The molecule has 1 aliphatic rings. The first-order valence-electron chi connectivity index (χ1n) is 9.87. The largest absolute Gasteiger partial charge is 0.339 e. The number of H-pyrrole nitrogens is 1. The van der Waals surface area contributed by atoms with Gasteiger partial charge in [0.25, 0.3) is 5.91 Å². The van der Waals surface area contributed by atoms with E-state index in [0.717, 1.165) is 42.9 Å². The van der Waals surface area contributed by atoms with E-state index in [2.05, 4.69) is 15.2 Å². The Labute approximate surface area is 175 Å². The number of hydrogen-bond acceptors (Lipinski definition) is 4. The van der Waals surface area contributed by atoms with Gasteiger partial charge in [-0.3, -0.25) is 9.89 Å². The molecule has 1 saturated carbocycles. The van der Waals surface area contributed by atoms with Crippen molar-refractivity contribution >= 4 is 17.5 Å². The highest BCUT2D eigenvalue weighted by Crippen LogP contribution is 2.34. The molecule has 4 rings (SSSR count). The van der Waals surface area contributed by atoms with E-state index in [0.29, 0.717) is 16.4 Å². The first kappa shape index (κ1) is 19.6. The zero-order valence-electron chi connectivity index (χ0n) is 16.9. The van der Waals surface area contributed by atoms with Gasteiger partial charge in [-0.05, 0) is 44.4 Å². The van der Waals surface area contributed by atoms with Crippen LogP contribution in [0.15, 0.2) is 30.6 Å². The number of rotatable bonds is 4. The highest BCUT2D eigenvalue weighted by molar-refractivity contribution is 6.30. The molecule has 0 aliphatic heterocycles. The van der Waals surface area contributed by atoms with E-state index in [1.165, 1.54) is 0 Å². The Balaban J connectivity index is 1.49. The molecule has 2 atom stereocenters. The standard InChI is InChI=1S/C21H25ClN6O/c1-13-18(27(2)12-23-13)20-24-19(25-26-20)14-6-5-9-17(11-14)28(3)21(29)15-7-4-8-16(22)10-15/h4,7-8,10,12,14,17H,5-6,9,11H2,1-3H3,(H,24,25,26)/t14-,17+/m0/s1. The Morgan fingerprint density at radius 2 is 2.17 bits per heavy atom. The van der Waals surface area contributed by atoms with Gasteiger partial charge in [0.05, 0.1) is 12.0 Å². The van der Waals surface area contributed by atoms with Gasteiger partial charge in [0, 0.05) is 36.6 Å². The molecular weight excluding hydrogens is 388 g/mol. The van der Waals surface area contributed by atoms with Crippen molar-refractivity contribution in [2.24, 2.45) is 7.05 Å². The summed E-state index contributed by atoms with van der Waals surface area (Å²) in [5, 5.41) is 8.12. The van der Waals surface area contributed by atoms with E-state index in [1.54, 1.807) is 18.5 Å². The summed E-state index contributed by atoms with van der Waals surface area (Å²) >= 11 is 6.05. The molecular formula is C21H25ClN6O. The molecule has 1 aromatic carbocycles. The van der Waals surface area contributed by atoms with Crippen molar-refractivity contribution in [2.75, 3.05) is 7.05 Å². The number of aromatic nitrogens is 5. The van der Waals surface area contributed by atoms with Crippen LogP contribution in [0.4, 0.5) is 0 Å². The minimum atomic E-state index is 0.00178. The Hall–Kier alpha value is -2.67. The van der Waals surface area contributed by atoms with Crippen molar-refractivity contribution in [1.29, 1.82) is 0 Å². The molecule has 2 aromatic heterocycles. The first-order chi connectivity index (χ1) is 13.9. The van der Waals surface area contributed by atoms with Gasteiger partial charge in [-0.1, -0.05) is 24.1 Å². The predicted octanol–water partition coefficient (Wildman–Crippen LogP) is 3.97. The summed E-state index contributed by atoms with van der Waals surface area (Å²) in [4.78, 5) is 23.8. The fraction of sp³-hybridized carbons (Fsp3) is 0.429. The molecule has 1 N–H and O–H groups in total. The van der Waals surface area contributed by atoms with Crippen molar-refractivity contribution in [3.05, 3.63) is 52.7 Å². The maximum atomic E-state index is 12.9. The third-order valence-electron chi connectivity index (χ3n) is 5.81. The van der Waals surface area contributed by atoms with Crippen molar-refractivity contribution < 1.29 is 4.79 Å². The Morgan fingerprint density at radius 3 is 2.90 bits per heavy atom. The fourth-order valence-electron chi connectivity index (χ4n) is 4.18. The molecule has 152 valence electrons. The van der Waals surface area contributed by atoms with E-state index in [4.69, 9.17) is 16.6 Å². The second-order valence-corrected chi connectivity index (χ2v) is 8.21. The van der Waals surface area contributed by atoms with Crippen LogP contribution in [0.25, 0.3) is 11.5 Å². The summed E-state index contributed by atoms with van der Waals surface area (Å²) in [7, 11) is 3.82. The van der Waals surface area contributed by atoms with Crippen molar-refractivity contribution in [3.8, 4) is 11.5 Å². The van der Waals surface area contributed by atoms with Crippen molar-refractivity contribution in [3.63, 3.8) is 0 Å². The Morgan fingerprint density at radius 1 is 1.34 bits per heavy atom. The molecule has 0 spiro atoms. The van der Waals surface area contributed by atoms with E-state index in [1.807, 2.05) is 42.6 Å². The average molecular weight is 413 g/mol. The van der Waals surface area contributed by atoms with E-state index in [9.17, 15) is 4.79 Å². The Kier molecular flexibility index (Phi) is 5.41. The van der Waals surface area contributed by atoms with E-state index >= 15 is 0 Å². The number of nitrogens with zero attached hydrogens (tertiary/aromatic N) is 5. The number of carbonyl (C=O) groups excluding carboxylic acids is 1. The normalized spacial score (nSPS) is 19.3. The quantitative estimate of drug-likeness (QED) is 0.703. The molecule has 0 saturated heterocycles. The smallest absolute Gasteiger partial charge is 0.253 e. The SMILES string of the molecule is Cc1ncn(C)c1-c1n[nH]c([C@H]2CCC[C@@H](N(C)C(=O)c3cccc(Cl)c3)C2)n1. The van der Waals surface area contributed by atoms with Crippen LogP contribution in [0.1, 0.15) is 53.5 Å². The van der Waals surface area contributed by atoms with Gasteiger partial charge in [0.15, 0.2) is 5.82 Å². The summed E-state index contributed by atoms with van der Waals surface area (Å²) in [6.07, 6.45) is 5.70. The van der Waals surface area contributed by atoms with Gasteiger partial charge in [-0.2, -0.15) is 5.10 Å². The van der Waals surface area contributed by atoms with E-state index < -0.39 is 0 Å². The van der Waals surface area contributed by atoms with Crippen molar-refractivity contribution in [2.45, 2.75) is 44.6 Å². The predicted molar refractivity (Wildman–Crippen MR) is 112 cm³/mol. The second kappa shape index (κ2) is 7.99. The monoisotopic (exact) mass is 412 g/mol. The number of imidazole rings is 1. The van der Waals surface area contributed by atoms with Crippen LogP contribution < -0.4 is 0 Å². The topological polar surface area (TPSA) is 79.7 Å². The van der Waals surface area contributed by atoms with Crippen molar-refractivity contribution in [1.82, 2.24) is 29.6 Å². The molecule has 3 aromatic rings. The molecule has 7 nitrogen and oxygen atoms in total. The van der Waals surface area contributed by atoms with Crippen LogP contribution in [0, 0.1) is 6.92 Å². The summed E-state index contributed by atoms with van der Waals surface area (Å²) in [5.41, 5.74) is 2.45. The molecule has 1 amide bonds. The van der Waals surface area contributed by atoms with Gasteiger partial charge in [0.2, 0.25) is 0 Å². The van der Waals surface area contributed by atoms with Gasteiger partial charge < -0.3 is 9.47 Å². The lowest BCUT2D eigenvalue weighted by molar-refractivity contribution is 0.0684. The van der Waals surface area contributed by atoms with Gasteiger partial charge in [-0.15, -0.1) is 0 Å². The lowest BCUT2D eigenvalue weighted by atomic mass is 9.84. The van der Waals surface area contributed by atoms with E-state index in [-0.39, 0.29) is 17.9 Å². The molecule has 0 radical (unpaired) electrons. The zero-order chi connectivity index (χ0) is 20.5. The molecule has 29 heavy (non-hydrogen) atoms. The minimum absolute atomic E-state index is 0.00178. The number of aromatic amines is 1. The fourth-order valence-corrected chi connectivity index (χ4v) is 4.38. The lowest BCUT2D eigenvalue weighted by Gasteiger charge is -2.34. The zero-order valence-corrected chi connectivity index (χ0v) is 17.6. The number of halogens is 1. The average Bonchev–Trinajstić information content (AvgIpc) is 3.33. The van der Waals surface area contributed by atoms with Gasteiger partial charge in [-0.25, -0.2) is 9.97 Å². The summed E-state index contributed by atoms with van der Waals surface area (Å²) in [6, 6.07) is 7.28. The Bertz CT molecular complexity index is 1010.